The van der Waals surface area contributed by atoms with Crippen molar-refractivity contribution in [3.8, 4) is 0 Å². The molecule has 1 unspecified atom stereocenters. The zero-order chi connectivity index (χ0) is 19.1. The number of carbonyl (C=O) groups is 1. The third kappa shape index (κ3) is 5.32. The van der Waals surface area contributed by atoms with E-state index in [9.17, 15) is 4.79 Å². The fourth-order valence-electron chi connectivity index (χ4n) is 3.67. The summed E-state index contributed by atoms with van der Waals surface area (Å²) in [7, 11) is 1.72. The van der Waals surface area contributed by atoms with E-state index in [-0.39, 0.29) is 6.03 Å². The summed E-state index contributed by atoms with van der Waals surface area (Å²) in [6.07, 6.45) is 4.72. The number of benzene rings is 1. The van der Waals surface area contributed by atoms with Crippen LogP contribution >= 0.6 is 0 Å². The SMILES string of the molecule is COCCn1c(C)cnc1CC1CCN(C(=O)NCCc2ccccc2)C1. The number of aromatic nitrogens is 2. The monoisotopic (exact) mass is 370 g/mol. The van der Waals surface area contributed by atoms with Crippen molar-refractivity contribution in [2.75, 3.05) is 33.4 Å². The largest absolute Gasteiger partial charge is 0.383 e. The first-order valence-electron chi connectivity index (χ1n) is 9.74. The second-order valence-corrected chi connectivity index (χ2v) is 7.23. The summed E-state index contributed by atoms with van der Waals surface area (Å²) in [6.45, 7) is 5.88. The van der Waals surface area contributed by atoms with E-state index in [1.807, 2.05) is 29.3 Å². The fourth-order valence-corrected chi connectivity index (χ4v) is 3.67. The molecule has 1 aromatic heterocycles. The molecule has 6 heteroatoms. The molecule has 1 aromatic carbocycles. The van der Waals surface area contributed by atoms with Crippen LogP contribution in [0.5, 0.6) is 0 Å². The number of imidazole rings is 1. The molecular formula is C21H30N4O2. The average Bonchev–Trinajstić information content (AvgIpc) is 3.28. The second kappa shape index (κ2) is 9.55. The van der Waals surface area contributed by atoms with Gasteiger partial charge in [0, 0.05) is 51.6 Å². The van der Waals surface area contributed by atoms with E-state index in [2.05, 4.69) is 33.9 Å². The van der Waals surface area contributed by atoms with Crippen LogP contribution in [0.4, 0.5) is 4.79 Å². The van der Waals surface area contributed by atoms with Crippen LogP contribution in [0.2, 0.25) is 0 Å². The number of rotatable bonds is 8. The van der Waals surface area contributed by atoms with Crippen LogP contribution < -0.4 is 5.32 Å². The van der Waals surface area contributed by atoms with Gasteiger partial charge in [-0.2, -0.15) is 0 Å². The number of nitrogens with zero attached hydrogens (tertiary/aromatic N) is 3. The highest BCUT2D eigenvalue weighted by Gasteiger charge is 2.27. The van der Waals surface area contributed by atoms with Gasteiger partial charge >= 0.3 is 6.03 Å². The smallest absolute Gasteiger partial charge is 0.317 e. The number of amides is 2. The van der Waals surface area contributed by atoms with Gasteiger partial charge in [-0.3, -0.25) is 0 Å². The molecule has 0 bridgehead atoms. The number of hydrogen-bond donors (Lipinski definition) is 1. The molecule has 0 spiro atoms. The van der Waals surface area contributed by atoms with Crippen molar-refractivity contribution in [2.45, 2.75) is 32.7 Å². The number of carbonyl (C=O) groups excluding carboxylic acids is 1. The highest BCUT2D eigenvalue weighted by atomic mass is 16.5. The van der Waals surface area contributed by atoms with Crippen LogP contribution in [0.3, 0.4) is 0 Å². The highest BCUT2D eigenvalue weighted by Crippen LogP contribution is 2.21. The van der Waals surface area contributed by atoms with Gasteiger partial charge in [-0.15, -0.1) is 0 Å². The van der Waals surface area contributed by atoms with Crippen LogP contribution in [-0.2, 0) is 24.1 Å². The molecule has 6 nitrogen and oxygen atoms in total. The van der Waals surface area contributed by atoms with Gasteiger partial charge in [-0.1, -0.05) is 30.3 Å². The number of urea groups is 1. The van der Waals surface area contributed by atoms with Crippen molar-refractivity contribution in [3.05, 3.63) is 53.6 Å². The maximum atomic E-state index is 12.4. The number of hydrogen-bond acceptors (Lipinski definition) is 3. The molecule has 1 fully saturated rings. The topological polar surface area (TPSA) is 59.4 Å². The predicted molar refractivity (Wildman–Crippen MR) is 106 cm³/mol. The zero-order valence-corrected chi connectivity index (χ0v) is 16.4. The van der Waals surface area contributed by atoms with Gasteiger partial charge in [0.15, 0.2) is 0 Å². The summed E-state index contributed by atoms with van der Waals surface area (Å²) in [5.74, 6) is 1.56. The molecule has 0 radical (unpaired) electrons. The van der Waals surface area contributed by atoms with E-state index < -0.39 is 0 Å². The van der Waals surface area contributed by atoms with Gasteiger partial charge in [0.25, 0.3) is 0 Å². The predicted octanol–water partition coefficient (Wildman–Crippen LogP) is 2.65. The number of likely N-dealkylation sites (tertiary alicyclic amines) is 1. The fraction of sp³-hybridized carbons (Fsp3) is 0.524. The molecule has 1 aliphatic rings. The Labute approximate surface area is 161 Å². The first-order valence-corrected chi connectivity index (χ1v) is 9.74. The zero-order valence-electron chi connectivity index (χ0n) is 16.4. The minimum Gasteiger partial charge on any atom is -0.383 e. The summed E-state index contributed by atoms with van der Waals surface area (Å²) < 4.78 is 7.43. The minimum absolute atomic E-state index is 0.0485. The maximum absolute atomic E-state index is 12.4. The Morgan fingerprint density at radius 3 is 2.93 bits per heavy atom. The first kappa shape index (κ1) is 19.4. The molecule has 1 saturated heterocycles. The van der Waals surface area contributed by atoms with Crippen molar-refractivity contribution < 1.29 is 9.53 Å². The van der Waals surface area contributed by atoms with Gasteiger partial charge in [-0.25, -0.2) is 9.78 Å². The van der Waals surface area contributed by atoms with E-state index in [0.29, 0.717) is 19.1 Å². The summed E-state index contributed by atoms with van der Waals surface area (Å²) in [6, 6.07) is 10.3. The average molecular weight is 370 g/mol. The third-order valence-corrected chi connectivity index (χ3v) is 5.23. The van der Waals surface area contributed by atoms with Gasteiger partial charge in [-0.05, 0) is 31.2 Å². The Kier molecular flexibility index (Phi) is 6.87. The first-order chi connectivity index (χ1) is 13.2. The lowest BCUT2D eigenvalue weighted by molar-refractivity contribution is 0.185. The molecule has 27 heavy (non-hydrogen) atoms. The second-order valence-electron chi connectivity index (χ2n) is 7.23. The lowest BCUT2D eigenvalue weighted by Gasteiger charge is -2.18. The van der Waals surface area contributed by atoms with Crippen LogP contribution in [0.25, 0.3) is 0 Å². The molecule has 0 saturated carbocycles. The molecule has 1 atom stereocenters. The summed E-state index contributed by atoms with van der Waals surface area (Å²) in [5, 5.41) is 3.05. The van der Waals surface area contributed by atoms with Crippen LogP contribution in [-0.4, -0.2) is 53.8 Å². The Morgan fingerprint density at radius 1 is 1.33 bits per heavy atom. The summed E-state index contributed by atoms with van der Waals surface area (Å²) >= 11 is 0. The van der Waals surface area contributed by atoms with Crippen molar-refractivity contribution in [1.82, 2.24) is 19.8 Å². The normalized spacial score (nSPS) is 16.7. The lowest BCUT2D eigenvalue weighted by atomic mass is 10.0. The molecule has 2 aromatic rings. The van der Waals surface area contributed by atoms with Crippen molar-refractivity contribution >= 4 is 6.03 Å². The molecule has 1 N–H and O–H groups in total. The molecular weight excluding hydrogens is 340 g/mol. The van der Waals surface area contributed by atoms with E-state index in [0.717, 1.165) is 50.4 Å². The van der Waals surface area contributed by atoms with Crippen molar-refractivity contribution in [1.29, 1.82) is 0 Å². The van der Waals surface area contributed by atoms with Crippen LogP contribution in [0.15, 0.2) is 36.5 Å². The van der Waals surface area contributed by atoms with Crippen LogP contribution in [0.1, 0.15) is 23.5 Å². The molecule has 0 aliphatic carbocycles. The highest BCUT2D eigenvalue weighted by molar-refractivity contribution is 5.74. The third-order valence-electron chi connectivity index (χ3n) is 5.23. The quantitative estimate of drug-likeness (QED) is 0.777. The minimum atomic E-state index is 0.0485. The molecule has 146 valence electrons. The standard InChI is InChI=1S/C21H30N4O2/c1-17-15-23-20(25(17)12-13-27-2)14-19-9-11-24(16-19)21(26)22-10-8-18-6-4-3-5-7-18/h3-7,15,19H,8-14,16H2,1-2H3,(H,22,26). The van der Waals surface area contributed by atoms with E-state index >= 15 is 0 Å². The molecule has 3 rings (SSSR count). The van der Waals surface area contributed by atoms with E-state index in [4.69, 9.17) is 4.74 Å². The maximum Gasteiger partial charge on any atom is 0.317 e. The number of methoxy groups -OCH3 is 1. The van der Waals surface area contributed by atoms with Gasteiger partial charge in [0.2, 0.25) is 0 Å². The Morgan fingerprint density at radius 2 is 2.15 bits per heavy atom. The summed E-state index contributed by atoms with van der Waals surface area (Å²) in [5.41, 5.74) is 2.41. The molecule has 2 heterocycles. The Bertz CT molecular complexity index is 729. The lowest BCUT2D eigenvalue weighted by Crippen LogP contribution is -2.39. The van der Waals surface area contributed by atoms with Gasteiger partial charge in [0.1, 0.15) is 5.82 Å². The van der Waals surface area contributed by atoms with Gasteiger partial charge in [0.05, 0.1) is 6.61 Å². The number of nitrogens with one attached hydrogen (secondary N) is 1. The van der Waals surface area contributed by atoms with E-state index in [1.165, 1.54) is 5.56 Å². The number of aryl methyl sites for hydroxylation is 1. The molecule has 2 amide bonds. The van der Waals surface area contributed by atoms with Crippen molar-refractivity contribution in [2.24, 2.45) is 5.92 Å². The van der Waals surface area contributed by atoms with Crippen molar-refractivity contribution in [3.63, 3.8) is 0 Å². The molecule has 1 aliphatic heterocycles. The number of ether oxygens (including phenoxy) is 1. The Hall–Kier alpha value is -2.34. The Balaban J connectivity index is 1.45. The van der Waals surface area contributed by atoms with Crippen LogP contribution in [0, 0.1) is 12.8 Å². The summed E-state index contributed by atoms with van der Waals surface area (Å²) in [4.78, 5) is 18.9. The van der Waals surface area contributed by atoms with E-state index in [1.54, 1.807) is 7.11 Å². The van der Waals surface area contributed by atoms with Gasteiger partial charge < -0.3 is 19.5 Å².